The molecule has 1 aromatic carbocycles. The number of nitrogens with zero attached hydrogens (tertiary/aromatic N) is 4. The van der Waals surface area contributed by atoms with E-state index in [9.17, 15) is 35.3 Å². The van der Waals surface area contributed by atoms with E-state index in [1.807, 2.05) is 0 Å². The lowest BCUT2D eigenvalue weighted by atomic mass is 9.90. The molecule has 2 aromatic heterocycles. The third-order valence-electron chi connectivity index (χ3n) is 6.33. The third-order valence-corrected chi connectivity index (χ3v) is 9.41. The second kappa shape index (κ2) is 11.9. The average molecular weight is 689 g/mol. The molecule has 0 spiro atoms. The summed E-state index contributed by atoms with van der Waals surface area (Å²) in [5.74, 6) is -6.62. The van der Waals surface area contributed by atoms with Gasteiger partial charge in [-0.25, -0.2) is 32.9 Å². The number of carbonyl (C=O) groups is 2. The van der Waals surface area contributed by atoms with Crippen LogP contribution in [0, 0.1) is 10.6 Å². The zero-order chi connectivity index (χ0) is 34.3. The summed E-state index contributed by atoms with van der Waals surface area (Å²) >= 11 is 5.78. The minimum Gasteiger partial charge on any atom is -0.475 e. The molecule has 21 heteroatoms. The molecule has 45 heavy (non-hydrogen) atoms. The topological polar surface area (TPSA) is 195 Å². The molecule has 0 aliphatic carbocycles. The van der Waals surface area contributed by atoms with Crippen molar-refractivity contribution in [2.45, 2.75) is 48.8 Å². The SMILES string of the molecule is CC1(C)C(N)=N[C@](C)(c2cc(-c3cc(-c4ncc(Cl)cn4)no3)ccc2F)C(OC(=O)C(F)(F)F)[S@]1(=N)=O.O=C(O)C(F)(F)F. The lowest BCUT2D eigenvalue weighted by molar-refractivity contribution is -0.203. The molecule has 1 aliphatic heterocycles. The molecule has 1 aliphatic rings. The highest BCUT2D eigenvalue weighted by atomic mass is 35.5. The zero-order valence-electron chi connectivity index (χ0n) is 22.8. The van der Waals surface area contributed by atoms with Gasteiger partial charge in [-0.2, -0.15) is 26.3 Å². The van der Waals surface area contributed by atoms with Crippen LogP contribution in [0.3, 0.4) is 0 Å². The number of nitrogens with one attached hydrogen (secondary N) is 1. The van der Waals surface area contributed by atoms with E-state index in [1.165, 1.54) is 38.4 Å². The number of rotatable bonds is 4. The van der Waals surface area contributed by atoms with Crippen molar-refractivity contribution in [2.24, 2.45) is 10.7 Å². The van der Waals surface area contributed by atoms with Crippen LogP contribution in [0.1, 0.15) is 26.3 Å². The second-order valence-electron chi connectivity index (χ2n) is 9.79. The quantitative estimate of drug-likeness (QED) is 0.246. The van der Waals surface area contributed by atoms with E-state index in [0.717, 1.165) is 19.1 Å². The second-order valence-corrected chi connectivity index (χ2v) is 12.9. The summed E-state index contributed by atoms with van der Waals surface area (Å²) in [4.78, 5) is 32.9. The Morgan fingerprint density at radius 3 is 2.16 bits per heavy atom. The molecule has 3 aromatic rings. The summed E-state index contributed by atoms with van der Waals surface area (Å²) in [5.41, 5.74) is 1.24. The molecular formula is C24H20ClF7N6O6S. The predicted molar refractivity (Wildman–Crippen MR) is 141 cm³/mol. The molecule has 244 valence electrons. The number of benzene rings is 1. The van der Waals surface area contributed by atoms with Crippen molar-refractivity contribution >= 4 is 39.1 Å². The van der Waals surface area contributed by atoms with Crippen LogP contribution in [-0.2, 0) is 29.6 Å². The Kier molecular flexibility index (Phi) is 9.28. The van der Waals surface area contributed by atoms with E-state index in [2.05, 4.69) is 24.9 Å². The Balaban J connectivity index is 0.000000707. The highest BCUT2D eigenvalue weighted by Gasteiger charge is 2.59. The molecule has 4 rings (SSSR count). The Morgan fingerprint density at radius 2 is 1.64 bits per heavy atom. The summed E-state index contributed by atoms with van der Waals surface area (Å²) in [7, 11) is -4.32. The number of hydrogen-bond donors (Lipinski definition) is 3. The van der Waals surface area contributed by atoms with Crippen LogP contribution >= 0.6 is 11.6 Å². The number of aliphatic carboxylic acids is 1. The van der Waals surface area contributed by atoms with Gasteiger partial charge in [0.2, 0.25) is 5.44 Å². The Bertz CT molecular complexity index is 1760. The maximum absolute atomic E-state index is 15.2. The number of aromatic nitrogens is 3. The third kappa shape index (κ3) is 7.00. The molecular weight excluding hydrogens is 669 g/mol. The molecule has 3 heterocycles. The van der Waals surface area contributed by atoms with Crippen molar-refractivity contribution in [1.82, 2.24) is 15.1 Å². The minimum atomic E-state index is -5.48. The maximum Gasteiger partial charge on any atom is 0.490 e. The number of hydrogen-bond acceptors (Lipinski definition) is 11. The Hall–Kier alpha value is -4.33. The Labute approximate surface area is 253 Å². The lowest BCUT2D eigenvalue weighted by Gasteiger charge is -2.45. The number of ether oxygens (including phenoxy) is 1. The molecule has 4 N–H and O–H groups in total. The smallest absolute Gasteiger partial charge is 0.475 e. The van der Waals surface area contributed by atoms with Crippen molar-refractivity contribution in [3.63, 3.8) is 0 Å². The molecule has 0 saturated heterocycles. The van der Waals surface area contributed by atoms with E-state index < -0.39 is 67.0 Å². The standard InChI is InChI=1S/C22H19ClF4N6O4S.C2HF3O2/c1-20(2)17(28)32-21(3,19(38(20,29)35)36-18(34)22(25,26)27)12-6-10(4-5-13(12)24)15-7-14(33-37-15)16-30-8-11(23)9-31-16;3-2(4,5)1(6)7/h4-9,19,29H,1-3H3,(H2,28,32);(H,6,7)/t19?,21-,38+;/m1./s1. The molecule has 3 atom stereocenters. The number of alkyl halides is 6. The van der Waals surface area contributed by atoms with Gasteiger partial charge in [-0.15, -0.1) is 0 Å². The highest BCUT2D eigenvalue weighted by Crippen LogP contribution is 2.45. The number of halogens is 8. The molecule has 0 fully saturated rings. The summed E-state index contributed by atoms with van der Waals surface area (Å²) in [5, 5.41) is 11.3. The van der Waals surface area contributed by atoms with Gasteiger partial charge in [0.25, 0.3) is 0 Å². The van der Waals surface area contributed by atoms with E-state index in [0.29, 0.717) is 0 Å². The predicted octanol–water partition coefficient (Wildman–Crippen LogP) is 5.07. The molecule has 12 nitrogen and oxygen atoms in total. The first-order valence-corrected chi connectivity index (χ1v) is 13.9. The minimum absolute atomic E-state index is 0.0759. The zero-order valence-corrected chi connectivity index (χ0v) is 24.4. The van der Waals surface area contributed by atoms with E-state index in [-0.39, 0.29) is 27.9 Å². The van der Waals surface area contributed by atoms with Gasteiger partial charge in [0.1, 0.15) is 21.9 Å². The van der Waals surface area contributed by atoms with E-state index in [4.69, 9.17) is 36.5 Å². The van der Waals surface area contributed by atoms with Crippen LogP contribution in [0.2, 0.25) is 5.02 Å². The number of aliphatic imine (C=N–C) groups is 1. The fourth-order valence-corrected chi connectivity index (χ4v) is 5.78. The van der Waals surface area contributed by atoms with Crippen molar-refractivity contribution in [2.75, 3.05) is 0 Å². The van der Waals surface area contributed by atoms with E-state index in [1.54, 1.807) is 0 Å². The molecule has 1 unspecified atom stereocenters. The van der Waals surface area contributed by atoms with Crippen LogP contribution < -0.4 is 5.73 Å². The van der Waals surface area contributed by atoms with Crippen molar-refractivity contribution < 1.29 is 58.9 Å². The average Bonchev–Trinajstić information content (AvgIpc) is 3.40. The first-order chi connectivity index (χ1) is 20.4. The van der Waals surface area contributed by atoms with Gasteiger partial charge in [-0.3, -0.25) is 4.99 Å². The highest BCUT2D eigenvalue weighted by molar-refractivity contribution is 7.95. The van der Waals surface area contributed by atoms with Gasteiger partial charge in [0, 0.05) is 29.6 Å². The van der Waals surface area contributed by atoms with Gasteiger partial charge in [0.15, 0.2) is 17.3 Å². The summed E-state index contributed by atoms with van der Waals surface area (Å²) in [6, 6.07) is 4.79. The van der Waals surface area contributed by atoms with Gasteiger partial charge >= 0.3 is 24.3 Å². The van der Waals surface area contributed by atoms with Gasteiger partial charge in [-0.05, 0) is 39.0 Å². The van der Waals surface area contributed by atoms with Gasteiger partial charge in [0.05, 0.1) is 14.8 Å². The number of carboxylic acid groups (broad SMARTS) is 1. The van der Waals surface area contributed by atoms with Gasteiger partial charge < -0.3 is 20.1 Å². The fraction of sp³-hybridized carbons (Fsp3) is 0.333. The summed E-state index contributed by atoms with van der Waals surface area (Å²) in [6.45, 7) is 3.49. The van der Waals surface area contributed by atoms with Crippen LogP contribution in [0.25, 0.3) is 22.8 Å². The van der Waals surface area contributed by atoms with Crippen LogP contribution in [-0.4, -0.2) is 64.7 Å². The molecule has 0 amide bonds. The molecule has 0 saturated carbocycles. The van der Waals surface area contributed by atoms with Gasteiger partial charge in [-0.1, -0.05) is 16.8 Å². The van der Waals surface area contributed by atoms with Crippen molar-refractivity contribution in [3.8, 4) is 22.8 Å². The first kappa shape index (κ1) is 35.2. The first-order valence-electron chi connectivity index (χ1n) is 11.9. The lowest BCUT2D eigenvalue weighted by Crippen LogP contribution is -2.61. The van der Waals surface area contributed by atoms with Crippen LogP contribution in [0.5, 0.6) is 0 Å². The van der Waals surface area contributed by atoms with Crippen molar-refractivity contribution in [3.05, 3.63) is 53.1 Å². The number of carboxylic acids is 1. The number of nitrogens with two attached hydrogens (primary N) is 1. The number of amidine groups is 1. The van der Waals surface area contributed by atoms with Crippen LogP contribution in [0.15, 0.2) is 46.2 Å². The summed E-state index contributed by atoms with van der Waals surface area (Å²) < 4.78 is 116. The Morgan fingerprint density at radius 1 is 1.09 bits per heavy atom. The maximum atomic E-state index is 15.2. The largest absolute Gasteiger partial charge is 0.490 e. The number of esters is 1. The number of carbonyl (C=O) groups excluding carboxylic acids is 1. The summed E-state index contributed by atoms with van der Waals surface area (Å²) in [6.07, 6.45) is -7.89. The normalized spacial score (nSPS) is 22.9. The van der Waals surface area contributed by atoms with Crippen LogP contribution in [0.4, 0.5) is 30.7 Å². The monoisotopic (exact) mass is 688 g/mol. The molecule has 0 bridgehead atoms. The fourth-order valence-electron chi connectivity index (χ4n) is 3.74. The van der Waals surface area contributed by atoms with Crippen molar-refractivity contribution in [1.29, 1.82) is 4.78 Å². The van der Waals surface area contributed by atoms with E-state index >= 15 is 4.39 Å². The molecule has 0 radical (unpaired) electrons.